The van der Waals surface area contributed by atoms with Crippen molar-refractivity contribution < 1.29 is 14.6 Å². The van der Waals surface area contributed by atoms with Gasteiger partial charge in [0.25, 0.3) is 0 Å². The molecule has 0 amide bonds. The van der Waals surface area contributed by atoms with Crippen LogP contribution in [-0.4, -0.2) is 23.4 Å². The Morgan fingerprint density at radius 2 is 1.80 bits per heavy atom. The molecule has 0 bridgehead atoms. The van der Waals surface area contributed by atoms with E-state index in [2.05, 4.69) is 5.32 Å². The molecular weight excluding hydrogens is 334 g/mol. The SMILES string of the molecule is COc1ccc([C@@H]2Nc3c(ccc4ccccc34)SC(=O)[C@@H]2O)cc1. The van der Waals surface area contributed by atoms with Gasteiger partial charge in [-0.1, -0.05) is 42.5 Å². The maximum Gasteiger partial charge on any atom is 0.224 e. The van der Waals surface area contributed by atoms with Gasteiger partial charge in [0.05, 0.1) is 18.8 Å². The van der Waals surface area contributed by atoms with Crippen LogP contribution in [0, 0.1) is 0 Å². The van der Waals surface area contributed by atoms with Crippen LogP contribution in [0.3, 0.4) is 0 Å². The first-order valence-corrected chi connectivity index (χ1v) is 8.81. The predicted molar refractivity (Wildman–Crippen MR) is 100 cm³/mol. The quantitative estimate of drug-likeness (QED) is 0.731. The molecule has 1 aliphatic rings. The number of hydrogen-bond acceptors (Lipinski definition) is 5. The van der Waals surface area contributed by atoms with E-state index in [4.69, 9.17) is 4.74 Å². The van der Waals surface area contributed by atoms with Gasteiger partial charge < -0.3 is 15.2 Å². The average Bonchev–Trinajstić information content (AvgIpc) is 2.79. The van der Waals surface area contributed by atoms with Crippen LogP contribution >= 0.6 is 11.8 Å². The third kappa shape index (κ3) is 2.86. The van der Waals surface area contributed by atoms with Gasteiger partial charge in [-0.2, -0.15) is 0 Å². The Hall–Kier alpha value is -2.50. The van der Waals surface area contributed by atoms with Gasteiger partial charge in [-0.05, 0) is 40.9 Å². The van der Waals surface area contributed by atoms with Gasteiger partial charge >= 0.3 is 0 Å². The van der Waals surface area contributed by atoms with Crippen LogP contribution in [0.25, 0.3) is 10.8 Å². The minimum absolute atomic E-state index is 0.262. The molecule has 0 unspecified atom stereocenters. The molecule has 25 heavy (non-hydrogen) atoms. The van der Waals surface area contributed by atoms with E-state index in [0.29, 0.717) is 0 Å². The van der Waals surface area contributed by atoms with Crippen molar-refractivity contribution in [1.29, 1.82) is 0 Å². The highest BCUT2D eigenvalue weighted by molar-refractivity contribution is 8.14. The Balaban J connectivity index is 1.83. The third-order valence-electron chi connectivity index (χ3n) is 4.43. The van der Waals surface area contributed by atoms with Crippen molar-refractivity contribution in [3.63, 3.8) is 0 Å². The maximum atomic E-state index is 12.5. The summed E-state index contributed by atoms with van der Waals surface area (Å²) < 4.78 is 5.19. The Labute approximate surface area is 149 Å². The average molecular weight is 351 g/mol. The Bertz CT molecular complexity index is 939. The first-order chi connectivity index (χ1) is 12.2. The summed E-state index contributed by atoms with van der Waals surface area (Å²) in [5.41, 5.74) is 1.72. The smallest absolute Gasteiger partial charge is 0.224 e. The Morgan fingerprint density at radius 1 is 1.04 bits per heavy atom. The molecule has 2 N–H and O–H groups in total. The summed E-state index contributed by atoms with van der Waals surface area (Å²) in [5.74, 6) is 0.735. The van der Waals surface area contributed by atoms with Gasteiger partial charge in [0.1, 0.15) is 11.9 Å². The second-order valence-corrected chi connectivity index (χ2v) is 6.97. The van der Waals surface area contributed by atoms with Crippen LogP contribution < -0.4 is 10.1 Å². The molecule has 0 aliphatic carbocycles. The van der Waals surface area contributed by atoms with Crippen LogP contribution in [0.1, 0.15) is 11.6 Å². The molecule has 5 heteroatoms. The van der Waals surface area contributed by atoms with Crippen LogP contribution in [0.5, 0.6) is 5.75 Å². The van der Waals surface area contributed by atoms with E-state index in [-0.39, 0.29) is 5.12 Å². The highest BCUT2D eigenvalue weighted by Gasteiger charge is 2.33. The van der Waals surface area contributed by atoms with Crippen molar-refractivity contribution in [3.8, 4) is 5.75 Å². The van der Waals surface area contributed by atoms with Crippen molar-refractivity contribution in [2.24, 2.45) is 0 Å². The summed E-state index contributed by atoms with van der Waals surface area (Å²) in [6.07, 6.45) is -1.13. The van der Waals surface area contributed by atoms with E-state index in [9.17, 15) is 9.90 Å². The summed E-state index contributed by atoms with van der Waals surface area (Å²) >= 11 is 1.09. The van der Waals surface area contributed by atoms with Crippen molar-refractivity contribution in [3.05, 3.63) is 66.2 Å². The number of fused-ring (bicyclic) bond motifs is 3. The van der Waals surface area contributed by atoms with E-state index in [0.717, 1.165) is 44.4 Å². The van der Waals surface area contributed by atoms with Crippen molar-refractivity contribution in [2.45, 2.75) is 17.0 Å². The standard InChI is InChI=1S/C20H17NO3S/c1-24-14-9-6-13(7-10-14)17-19(22)20(23)25-16-11-8-12-4-2-3-5-15(12)18(16)21-17/h2-11,17,19,21-22H,1H3/t17-,19+/m0/s1. The van der Waals surface area contributed by atoms with E-state index in [1.807, 2.05) is 60.7 Å². The van der Waals surface area contributed by atoms with Crippen LogP contribution in [0.15, 0.2) is 65.6 Å². The Morgan fingerprint density at radius 3 is 2.56 bits per heavy atom. The molecule has 1 aliphatic heterocycles. The fraction of sp³-hybridized carbons (Fsp3) is 0.150. The monoisotopic (exact) mass is 351 g/mol. The molecule has 0 radical (unpaired) electrons. The highest BCUT2D eigenvalue weighted by atomic mass is 32.2. The molecule has 0 fully saturated rings. The number of anilines is 1. The number of benzene rings is 3. The number of methoxy groups -OCH3 is 1. The van der Waals surface area contributed by atoms with Gasteiger partial charge in [-0.15, -0.1) is 0 Å². The lowest BCUT2D eigenvalue weighted by molar-refractivity contribution is -0.118. The normalized spacial score (nSPS) is 19.8. The van der Waals surface area contributed by atoms with E-state index in [1.165, 1.54) is 0 Å². The molecule has 0 saturated heterocycles. The number of thioether (sulfide) groups is 1. The van der Waals surface area contributed by atoms with E-state index in [1.54, 1.807) is 7.11 Å². The number of ether oxygens (including phenoxy) is 1. The fourth-order valence-corrected chi connectivity index (χ4v) is 3.98. The van der Waals surface area contributed by atoms with Crippen LogP contribution in [0.2, 0.25) is 0 Å². The zero-order chi connectivity index (χ0) is 17.4. The highest BCUT2D eigenvalue weighted by Crippen LogP contribution is 2.41. The minimum Gasteiger partial charge on any atom is -0.497 e. The molecule has 1 heterocycles. The number of aliphatic hydroxyl groups is 1. The topological polar surface area (TPSA) is 58.6 Å². The molecule has 4 nitrogen and oxygen atoms in total. The molecule has 2 atom stereocenters. The van der Waals surface area contributed by atoms with Gasteiger partial charge in [0, 0.05) is 10.3 Å². The van der Waals surface area contributed by atoms with Crippen molar-refractivity contribution >= 4 is 33.3 Å². The lowest BCUT2D eigenvalue weighted by Crippen LogP contribution is -2.29. The molecule has 3 aromatic carbocycles. The molecule has 0 saturated carbocycles. The summed E-state index contributed by atoms with van der Waals surface area (Å²) in [7, 11) is 1.61. The van der Waals surface area contributed by atoms with Gasteiger partial charge in [0.15, 0.2) is 0 Å². The molecule has 126 valence electrons. The van der Waals surface area contributed by atoms with Crippen molar-refractivity contribution in [2.75, 3.05) is 12.4 Å². The minimum atomic E-state index is -1.13. The Kier molecular flexibility index (Phi) is 4.11. The largest absolute Gasteiger partial charge is 0.497 e. The predicted octanol–water partition coefficient (Wildman–Crippen LogP) is 3.99. The summed E-state index contributed by atoms with van der Waals surface area (Å²) in [6, 6.07) is 18.8. The second kappa shape index (κ2) is 6.43. The summed E-state index contributed by atoms with van der Waals surface area (Å²) in [4.78, 5) is 13.3. The van der Waals surface area contributed by atoms with E-state index >= 15 is 0 Å². The molecule has 3 aromatic rings. The number of aliphatic hydroxyl groups excluding tert-OH is 1. The van der Waals surface area contributed by atoms with Gasteiger partial charge in [-0.3, -0.25) is 4.79 Å². The molecule has 4 rings (SSSR count). The number of hydrogen-bond donors (Lipinski definition) is 2. The van der Waals surface area contributed by atoms with Crippen molar-refractivity contribution in [1.82, 2.24) is 0 Å². The zero-order valence-corrected chi connectivity index (χ0v) is 14.4. The molecule has 0 aromatic heterocycles. The number of carbonyl (C=O) groups excluding carboxylic acids is 1. The second-order valence-electron chi connectivity index (χ2n) is 5.92. The molecular formula is C20H17NO3S. The first kappa shape index (κ1) is 16.0. The van der Waals surface area contributed by atoms with Crippen LogP contribution in [-0.2, 0) is 4.79 Å². The van der Waals surface area contributed by atoms with Gasteiger partial charge in [-0.25, -0.2) is 0 Å². The lowest BCUT2D eigenvalue weighted by Gasteiger charge is -2.23. The maximum absolute atomic E-state index is 12.5. The fourth-order valence-electron chi connectivity index (χ4n) is 3.10. The lowest BCUT2D eigenvalue weighted by atomic mass is 10.0. The molecule has 0 spiro atoms. The van der Waals surface area contributed by atoms with Gasteiger partial charge in [0.2, 0.25) is 5.12 Å². The zero-order valence-electron chi connectivity index (χ0n) is 13.6. The van der Waals surface area contributed by atoms with Crippen LogP contribution in [0.4, 0.5) is 5.69 Å². The number of rotatable bonds is 2. The third-order valence-corrected chi connectivity index (χ3v) is 5.44. The summed E-state index contributed by atoms with van der Waals surface area (Å²) in [5, 5.41) is 15.8. The van der Waals surface area contributed by atoms with E-state index < -0.39 is 12.1 Å². The first-order valence-electron chi connectivity index (χ1n) is 7.99. The summed E-state index contributed by atoms with van der Waals surface area (Å²) in [6.45, 7) is 0. The number of nitrogens with one attached hydrogen (secondary N) is 1. The number of carbonyl (C=O) groups is 1.